The van der Waals surface area contributed by atoms with Gasteiger partial charge in [-0.3, -0.25) is 4.79 Å². The average Bonchev–Trinajstić information content (AvgIpc) is 2.87. The van der Waals surface area contributed by atoms with Crippen molar-refractivity contribution in [3.63, 3.8) is 0 Å². The molecule has 0 unspecified atom stereocenters. The van der Waals surface area contributed by atoms with Crippen LogP contribution < -0.4 is 5.32 Å². The Hall–Kier alpha value is -1.35. The van der Waals surface area contributed by atoms with Crippen LogP contribution in [0.5, 0.6) is 0 Å². The van der Waals surface area contributed by atoms with Crippen LogP contribution in [0.2, 0.25) is 0 Å². The van der Waals surface area contributed by atoms with E-state index in [-0.39, 0.29) is 0 Å². The van der Waals surface area contributed by atoms with Gasteiger partial charge in [0, 0.05) is 0 Å². The van der Waals surface area contributed by atoms with Gasteiger partial charge in [0.2, 0.25) is 0 Å². The van der Waals surface area contributed by atoms with Crippen molar-refractivity contribution in [2.45, 2.75) is 38.5 Å². The summed E-state index contributed by atoms with van der Waals surface area (Å²) >= 11 is 0. The molecule has 3 rings (SSSR count). The van der Waals surface area contributed by atoms with E-state index in [0.29, 0.717) is 6.42 Å². The van der Waals surface area contributed by atoms with Gasteiger partial charge in [0.25, 0.3) is 0 Å². The number of nitrogens with one attached hydrogen (secondary N) is 1. The summed E-state index contributed by atoms with van der Waals surface area (Å²) in [7, 11) is 0. The molecule has 0 bridgehead atoms. The molecule has 0 radical (unpaired) electrons. The Morgan fingerprint density at radius 1 is 1.21 bits per heavy atom. The number of benzene rings is 1. The molecule has 1 fully saturated rings. The number of rotatable bonds is 3. The summed E-state index contributed by atoms with van der Waals surface area (Å²) in [5.41, 5.74) is 3.54. The van der Waals surface area contributed by atoms with E-state index in [1.165, 1.54) is 29.5 Å². The third-order valence-corrected chi connectivity index (χ3v) is 4.72. The topological polar surface area (TPSA) is 49.3 Å². The molecule has 1 aliphatic heterocycles. The summed E-state index contributed by atoms with van der Waals surface area (Å²) in [6.45, 7) is 1.63. The Labute approximate surface area is 114 Å². The van der Waals surface area contributed by atoms with Crippen molar-refractivity contribution >= 4 is 5.97 Å². The molecule has 0 spiro atoms. The van der Waals surface area contributed by atoms with Crippen molar-refractivity contribution in [3.8, 4) is 0 Å². The molecule has 19 heavy (non-hydrogen) atoms. The number of aryl methyl sites for hydroxylation is 2. The van der Waals surface area contributed by atoms with Gasteiger partial charge in [0.15, 0.2) is 0 Å². The quantitative estimate of drug-likeness (QED) is 0.874. The van der Waals surface area contributed by atoms with E-state index in [1.54, 1.807) is 0 Å². The van der Waals surface area contributed by atoms with Gasteiger partial charge >= 0.3 is 5.97 Å². The maximum atomic E-state index is 11.7. The second kappa shape index (κ2) is 4.97. The minimum Gasteiger partial charge on any atom is -0.481 e. The molecular weight excluding hydrogens is 238 g/mol. The molecule has 1 heterocycles. The maximum Gasteiger partial charge on any atom is 0.310 e. The van der Waals surface area contributed by atoms with Crippen LogP contribution in [0.25, 0.3) is 0 Å². The highest BCUT2D eigenvalue weighted by molar-refractivity contribution is 5.75. The smallest absolute Gasteiger partial charge is 0.310 e. The molecule has 1 aromatic rings. The van der Waals surface area contributed by atoms with Crippen molar-refractivity contribution < 1.29 is 9.90 Å². The van der Waals surface area contributed by atoms with Gasteiger partial charge in [-0.15, -0.1) is 0 Å². The largest absolute Gasteiger partial charge is 0.481 e. The van der Waals surface area contributed by atoms with Gasteiger partial charge in [-0.05, 0) is 68.3 Å². The van der Waals surface area contributed by atoms with Crippen LogP contribution in [0.3, 0.4) is 0 Å². The summed E-state index contributed by atoms with van der Waals surface area (Å²) in [5.74, 6) is -0.630. The van der Waals surface area contributed by atoms with Crippen molar-refractivity contribution in [3.05, 3.63) is 34.9 Å². The van der Waals surface area contributed by atoms with E-state index in [9.17, 15) is 9.90 Å². The first-order valence-electron chi connectivity index (χ1n) is 7.24. The zero-order valence-electron chi connectivity index (χ0n) is 11.2. The Bertz CT molecular complexity index is 490. The van der Waals surface area contributed by atoms with Gasteiger partial charge in [-0.25, -0.2) is 0 Å². The highest BCUT2D eigenvalue weighted by atomic mass is 16.4. The average molecular weight is 259 g/mol. The lowest BCUT2D eigenvalue weighted by molar-refractivity contribution is -0.150. The van der Waals surface area contributed by atoms with E-state index in [4.69, 9.17) is 0 Å². The lowest BCUT2D eigenvalue weighted by Crippen LogP contribution is -2.43. The maximum absolute atomic E-state index is 11.7. The van der Waals surface area contributed by atoms with Crippen LogP contribution in [-0.2, 0) is 24.1 Å². The van der Waals surface area contributed by atoms with Crippen molar-refractivity contribution in [2.75, 3.05) is 13.1 Å². The number of hydrogen-bond donors (Lipinski definition) is 2. The molecule has 0 aromatic heterocycles. The SMILES string of the molecule is O=C(O)C1(Cc2ccc3c(c2)CCC3)CCNCC1. The zero-order valence-corrected chi connectivity index (χ0v) is 11.2. The van der Waals surface area contributed by atoms with Crippen molar-refractivity contribution in [1.82, 2.24) is 5.32 Å². The van der Waals surface area contributed by atoms with Crippen LogP contribution in [0, 0.1) is 5.41 Å². The van der Waals surface area contributed by atoms with E-state index in [2.05, 4.69) is 23.5 Å². The third-order valence-electron chi connectivity index (χ3n) is 4.72. The molecule has 0 amide bonds. The van der Waals surface area contributed by atoms with E-state index >= 15 is 0 Å². The first-order valence-corrected chi connectivity index (χ1v) is 7.24. The normalized spacial score (nSPS) is 21.1. The Morgan fingerprint density at radius 2 is 1.95 bits per heavy atom. The Kier molecular flexibility index (Phi) is 3.31. The number of hydrogen-bond acceptors (Lipinski definition) is 2. The minimum atomic E-state index is -0.630. The molecule has 2 N–H and O–H groups in total. The zero-order chi connectivity index (χ0) is 13.3. The van der Waals surface area contributed by atoms with Gasteiger partial charge < -0.3 is 10.4 Å². The lowest BCUT2D eigenvalue weighted by atomic mass is 9.74. The predicted octanol–water partition coefficient (Wildman–Crippen LogP) is 2.17. The molecule has 1 aliphatic carbocycles. The number of piperidine rings is 1. The van der Waals surface area contributed by atoms with E-state index in [0.717, 1.165) is 32.4 Å². The van der Waals surface area contributed by atoms with Crippen molar-refractivity contribution in [1.29, 1.82) is 0 Å². The monoisotopic (exact) mass is 259 g/mol. The number of carbonyl (C=O) groups is 1. The Morgan fingerprint density at radius 3 is 2.68 bits per heavy atom. The van der Waals surface area contributed by atoms with E-state index in [1.807, 2.05) is 0 Å². The van der Waals surface area contributed by atoms with Gasteiger partial charge in [-0.2, -0.15) is 0 Å². The second-order valence-electron chi connectivity index (χ2n) is 5.97. The first-order chi connectivity index (χ1) is 9.20. The van der Waals surface area contributed by atoms with Gasteiger partial charge in [-0.1, -0.05) is 18.2 Å². The first kappa shape index (κ1) is 12.7. The summed E-state index contributed by atoms with van der Waals surface area (Å²) in [5, 5.41) is 12.9. The minimum absolute atomic E-state index is 0.557. The summed E-state index contributed by atoms with van der Waals surface area (Å²) in [6, 6.07) is 6.58. The Balaban J connectivity index is 1.84. The van der Waals surface area contributed by atoms with Gasteiger partial charge in [0.1, 0.15) is 0 Å². The van der Waals surface area contributed by atoms with Crippen LogP contribution in [0.4, 0.5) is 0 Å². The number of carboxylic acids is 1. The molecule has 0 atom stereocenters. The number of aliphatic carboxylic acids is 1. The van der Waals surface area contributed by atoms with E-state index < -0.39 is 11.4 Å². The molecule has 3 heteroatoms. The fourth-order valence-corrected chi connectivity index (χ4v) is 3.50. The van der Waals surface area contributed by atoms with Crippen LogP contribution in [-0.4, -0.2) is 24.2 Å². The highest BCUT2D eigenvalue weighted by Gasteiger charge is 2.39. The van der Waals surface area contributed by atoms with Gasteiger partial charge in [0.05, 0.1) is 5.41 Å². The molecule has 1 saturated heterocycles. The number of carboxylic acid groups (broad SMARTS) is 1. The second-order valence-corrected chi connectivity index (χ2v) is 5.97. The molecular formula is C16H21NO2. The van der Waals surface area contributed by atoms with Crippen LogP contribution in [0.1, 0.15) is 36.0 Å². The molecule has 102 valence electrons. The number of fused-ring (bicyclic) bond motifs is 1. The summed E-state index contributed by atoms with van der Waals surface area (Å²) in [4.78, 5) is 11.7. The predicted molar refractivity (Wildman–Crippen MR) is 74.3 cm³/mol. The van der Waals surface area contributed by atoms with Crippen LogP contribution >= 0.6 is 0 Å². The lowest BCUT2D eigenvalue weighted by Gasteiger charge is -2.33. The summed E-state index contributed by atoms with van der Waals surface area (Å²) < 4.78 is 0. The fourth-order valence-electron chi connectivity index (χ4n) is 3.50. The third kappa shape index (κ3) is 2.39. The standard InChI is InChI=1S/C16H21NO2/c18-15(19)16(6-8-17-9-7-16)11-12-4-5-13-2-1-3-14(13)10-12/h4-5,10,17H,1-3,6-9,11H2,(H,18,19). The fraction of sp³-hybridized carbons (Fsp3) is 0.562. The molecule has 2 aliphatic rings. The molecule has 0 saturated carbocycles. The molecule has 1 aromatic carbocycles. The van der Waals surface area contributed by atoms with Crippen molar-refractivity contribution in [2.24, 2.45) is 5.41 Å². The summed E-state index contributed by atoms with van der Waals surface area (Å²) in [6.07, 6.45) is 5.73. The molecule has 3 nitrogen and oxygen atoms in total. The highest BCUT2D eigenvalue weighted by Crippen LogP contribution is 2.34. The van der Waals surface area contributed by atoms with Crippen LogP contribution in [0.15, 0.2) is 18.2 Å².